The van der Waals surface area contributed by atoms with Crippen molar-refractivity contribution in [1.82, 2.24) is 14.4 Å². The summed E-state index contributed by atoms with van der Waals surface area (Å²) in [6.45, 7) is 4.77. The number of ether oxygens (including phenoxy) is 1. The third kappa shape index (κ3) is 4.14. The molecule has 0 spiro atoms. The number of furan rings is 1. The second kappa shape index (κ2) is 10.6. The largest absolute Gasteiger partial charge is 2.00 e. The van der Waals surface area contributed by atoms with Crippen LogP contribution in [0, 0.1) is 12.1 Å². The molecule has 0 bridgehead atoms. The quantitative estimate of drug-likeness (QED) is 0.101. The molecule has 0 radical (unpaired) electrons. The van der Waals surface area contributed by atoms with E-state index in [4.69, 9.17) is 14.1 Å². The second-order valence-electron chi connectivity index (χ2n) is 12.6. The van der Waals surface area contributed by atoms with Gasteiger partial charge in [0.25, 0.3) is 0 Å². The molecule has 0 saturated heterocycles. The molecule has 0 amide bonds. The number of hydrogen-bond donors (Lipinski definition) is 0. The number of para-hydroxylation sites is 2. The fourth-order valence-electron chi connectivity index (χ4n) is 7.29. The maximum absolute atomic E-state index is 6.49. The molecule has 5 aromatic carbocycles. The van der Waals surface area contributed by atoms with E-state index in [1.165, 1.54) is 10.4 Å². The van der Waals surface area contributed by atoms with E-state index in [0.717, 1.165) is 66.5 Å². The van der Waals surface area contributed by atoms with Gasteiger partial charge in [-0.25, -0.2) is 4.98 Å². The van der Waals surface area contributed by atoms with E-state index in [2.05, 4.69) is 106 Å². The third-order valence-electron chi connectivity index (χ3n) is 9.53. The number of fused-ring (bicyclic) bond motifs is 11. The molecule has 0 saturated carbocycles. The number of rotatable bonds is 3. The second-order valence-corrected chi connectivity index (χ2v) is 16.9. The average Bonchev–Trinajstić information content (AvgIpc) is 3.74. The summed E-state index contributed by atoms with van der Waals surface area (Å²) in [5, 5.41) is 7.89. The monoisotopic (exact) mass is 817 g/mol. The van der Waals surface area contributed by atoms with E-state index in [9.17, 15) is 0 Å². The molecule has 232 valence electrons. The van der Waals surface area contributed by atoms with Crippen molar-refractivity contribution >= 4 is 84.9 Å². The summed E-state index contributed by atoms with van der Waals surface area (Å²) in [7, 11) is -2.13. The Hall–Kier alpha value is -5.23. The van der Waals surface area contributed by atoms with Crippen LogP contribution in [0.2, 0.25) is 13.1 Å². The molecule has 0 atom stereocenters. The van der Waals surface area contributed by atoms with Crippen LogP contribution < -0.4 is 20.0 Å². The molecule has 0 unspecified atom stereocenters. The van der Waals surface area contributed by atoms with Crippen LogP contribution in [0.4, 0.5) is 17.2 Å². The molecule has 10 rings (SSSR count). The summed E-state index contributed by atoms with van der Waals surface area (Å²) in [6, 6.07) is 42.5. The summed E-state index contributed by atoms with van der Waals surface area (Å²) in [5.41, 5.74) is 5.71. The van der Waals surface area contributed by atoms with Crippen LogP contribution in [0.15, 0.2) is 126 Å². The number of imidazole rings is 1. The molecule has 8 heteroatoms. The van der Waals surface area contributed by atoms with Crippen LogP contribution in [0.1, 0.15) is 0 Å². The Labute approximate surface area is 291 Å². The van der Waals surface area contributed by atoms with Gasteiger partial charge in [0.15, 0.2) is 0 Å². The Morgan fingerprint density at radius 1 is 0.688 bits per heavy atom. The minimum absolute atomic E-state index is 0. The Bertz CT molecular complexity index is 2730. The van der Waals surface area contributed by atoms with Crippen molar-refractivity contribution < 1.29 is 30.2 Å². The molecule has 0 N–H and O–H groups in total. The van der Waals surface area contributed by atoms with Gasteiger partial charge >= 0.3 is 21.1 Å². The topological polar surface area (TPSA) is 55.8 Å². The van der Waals surface area contributed by atoms with E-state index in [-0.39, 0.29) is 21.1 Å². The maximum atomic E-state index is 6.49. The molecule has 5 heterocycles. The fourth-order valence-corrected chi connectivity index (χ4v) is 10.1. The van der Waals surface area contributed by atoms with Crippen LogP contribution in [0.5, 0.6) is 11.5 Å². The Balaban J connectivity index is 0.00000314. The molecule has 4 aromatic heterocycles. The Morgan fingerprint density at radius 3 is 2.44 bits per heavy atom. The van der Waals surface area contributed by atoms with Gasteiger partial charge in [0.05, 0.1) is 5.65 Å². The third-order valence-corrected chi connectivity index (χ3v) is 13.0. The van der Waals surface area contributed by atoms with E-state index in [1.54, 1.807) is 0 Å². The van der Waals surface area contributed by atoms with E-state index in [0.29, 0.717) is 11.5 Å². The molecule has 1 aliphatic heterocycles. The minimum Gasteiger partial charge on any atom is -0.503 e. The van der Waals surface area contributed by atoms with Crippen LogP contribution in [-0.2, 0) is 21.1 Å². The van der Waals surface area contributed by atoms with Gasteiger partial charge in [0.2, 0.25) is 0 Å². The van der Waals surface area contributed by atoms with E-state index < -0.39 is 8.07 Å². The van der Waals surface area contributed by atoms with E-state index in [1.807, 2.05) is 55.0 Å². The van der Waals surface area contributed by atoms with Gasteiger partial charge in [-0.1, -0.05) is 78.1 Å². The first-order valence-electron chi connectivity index (χ1n) is 15.7. The normalized spacial score (nSPS) is 13.6. The van der Waals surface area contributed by atoms with Gasteiger partial charge in [0, 0.05) is 52.1 Å². The van der Waals surface area contributed by atoms with Crippen molar-refractivity contribution in [2.24, 2.45) is 0 Å². The molecular formula is C40H26N4O2PtSi. The summed E-state index contributed by atoms with van der Waals surface area (Å²) in [5.74, 6) is 2.13. The van der Waals surface area contributed by atoms with Crippen molar-refractivity contribution in [3.63, 3.8) is 0 Å². The minimum atomic E-state index is -2.13. The first kappa shape index (κ1) is 28.9. The summed E-state index contributed by atoms with van der Waals surface area (Å²) < 4.78 is 14.9. The zero-order valence-corrected chi connectivity index (χ0v) is 29.2. The van der Waals surface area contributed by atoms with Gasteiger partial charge in [-0.05, 0) is 46.1 Å². The molecule has 0 aliphatic carbocycles. The van der Waals surface area contributed by atoms with Crippen molar-refractivity contribution in [3.8, 4) is 11.5 Å². The van der Waals surface area contributed by atoms with Crippen molar-refractivity contribution in [3.05, 3.63) is 134 Å². The number of benzene rings is 5. The van der Waals surface area contributed by atoms with Crippen LogP contribution in [-0.4, -0.2) is 22.4 Å². The first-order chi connectivity index (χ1) is 23.0. The predicted molar refractivity (Wildman–Crippen MR) is 191 cm³/mol. The summed E-state index contributed by atoms with van der Waals surface area (Å²) in [6.07, 6.45) is 5.69. The van der Waals surface area contributed by atoms with Crippen LogP contribution >= 0.6 is 0 Å². The smallest absolute Gasteiger partial charge is 0.503 e. The van der Waals surface area contributed by atoms with Crippen LogP contribution in [0.25, 0.3) is 49.3 Å². The number of aromatic nitrogens is 3. The summed E-state index contributed by atoms with van der Waals surface area (Å²) >= 11 is 0. The zero-order valence-electron chi connectivity index (χ0n) is 26.0. The Kier molecular flexibility index (Phi) is 6.42. The van der Waals surface area contributed by atoms with Crippen LogP contribution in [0.3, 0.4) is 0 Å². The van der Waals surface area contributed by atoms with Gasteiger partial charge in [0.1, 0.15) is 25.1 Å². The maximum Gasteiger partial charge on any atom is 2.00 e. The Morgan fingerprint density at radius 2 is 1.52 bits per heavy atom. The van der Waals surface area contributed by atoms with Crippen molar-refractivity contribution in [2.75, 3.05) is 4.90 Å². The van der Waals surface area contributed by atoms with E-state index >= 15 is 0 Å². The van der Waals surface area contributed by atoms with Gasteiger partial charge in [-0.15, -0.1) is 30.3 Å². The molecule has 1 aliphatic rings. The number of hydrogen-bond acceptors (Lipinski definition) is 5. The number of pyridine rings is 2. The number of anilines is 3. The van der Waals surface area contributed by atoms with Gasteiger partial charge < -0.3 is 18.5 Å². The molecule has 0 fully saturated rings. The van der Waals surface area contributed by atoms with Gasteiger partial charge in [-0.3, -0.25) is 4.98 Å². The average molecular weight is 818 g/mol. The van der Waals surface area contributed by atoms with Crippen molar-refractivity contribution in [1.29, 1.82) is 0 Å². The van der Waals surface area contributed by atoms with Gasteiger partial charge in [-0.2, -0.15) is 6.07 Å². The fraction of sp³-hybridized carbons (Fsp3) is 0.0500. The summed E-state index contributed by atoms with van der Waals surface area (Å²) in [4.78, 5) is 11.8. The SMILES string of the molecule is C[Si]1(C)c2cc3oc4ccccc4c3cc2N(c2[c-]c(Oc3[c-]c4c(cc3)c3ccccc3n3ccnc43)ccc2)c2ncccc21.[Pt+2]. The zero-order chi connectivity index (χ0) is 31.3. The number of nitrogens with zero attached hydrogens (tertiary/aromatic N) is 4. The molecule has 9 aromatic rings. The van der Waals surface area contributed by atoms with Crippen molar-refractivity contribution in [2.45, 2.75) is 13.1 Å². The molecule has 6 nitrogen and oxygen atoms in total. The predicted octanol–water partition coefficient (Wildman–Crippen LogP) is 8.93. The standard InChI is InChI=1S/C40H26N4O2Si.Pt/c1-47(2)37-15-8-18-41-40(37)44(34-23-31-30-12-4-6-14-35(30)46-36(31)24-38(34)47)25-9-7-10-26(21-25)45-27-16-17-28-29-11-3-5-13-33(29)43-20-19-42-39(43)32(28)22-27;/h3-20,23-24H,1-2H3;/q-2;+2. The molecule has 48 heavy (non-hydrogen) atoms. The first-order valence-corrected chi connectivity index (χ1v) is 18.7. The molecular weight excluding hydrogens is 792 g/mol.